The van der Waals surface area contributed by atoms with Crippen molar-refractivity contribution in [3.63, 3.8) is 0 Å². The average Bonchev–Trinajstić information content (AvgIpc) is 3.17. The zero-order valence-corrected chi connectivity index (χ0v) is 17.8. The standard InChI is InChI=1S/C22H25N3O3S/c1-15-12-16(4-7-19(15)28-3)13-21(26)24-8-10-25(11-9-24)22-23-18-6-5-17(27-2)14-20(18)29-22/h4-7,12,14H,8-11,13H2,1-3H3. The lowest BCUT2D eigenvalue weighted by atomic mass is 10.1. The van der Waals surface area contributed by atoms with Crippen LogP contribution in [0.4, 0.5) is 5.13 Å². The van der Waals surface area contributed by atoms with Crippen LogP contribution in [-0.4, -0.2) is 56.2 Å². The molecule has 1 amide bonds. The summed E-state index contributed by atoms with van der Waals surface area (Å²) in [4.78, 5) is 21.7. The van der Waals surface area contributed by atoms with Gasteiger partial charge in [-0.3, -0.25) is 4.79 Å². The fourth-order valence-corrected chi connectivity index (χ4v) is 4.68. The number of fused-ring (bicyclic) bond motifs is 1. The van der Waals surface area contributed by atoms with Crippen LogP contribution in [0.15, 0.2) is 36.4 Å². The molecule has 7 heteroatoms. The molecule has 0 N–H and O–H groups in total. The third-order valence-electron chi connectivity index (χ3n) is 5.30. The van der Waals surface area contributed by atoms with E-state index < -0.39 is 0 Å². The van der Waals surface area contributed by atoms with E-state index in [1.165, 1.54) is 0 Å². The summed E-state index contributed by atoms with van der Waals surface area (Å²) in [5.41, 5.74) is 3.06. The monoisotopic (exact) mass is 411 g/mol. The zero-order valence-electron chi connectivity index (χ0n) is 17.0. The van der Waals surface area contributed by atoms with Crippen LogP contribution in [0.1, 0.15) is 11.1 Å². The summed E-state index contributed by atoms with van der Waals surface area (Å²) in [5, 5.41) is 1.01. The van der Waals surface area contributed by atoms with E-state index in [4.69, 9.17) is 14.5 Å². The average molecular weight is 412 g/mol. The summed E-state index contributed by atoms with van der Waals surface area (Å²) in [6.45, 7) is 5.02. The van der Waals surface area contributed by atoms with Gasteiger partial charge in [0.1, 0.15) is 11.5 Å². The molecule has 0 spiro atoms. The molecular weight excluding hydrogens is 386 g/mol. The highest BCUT2D eigenvalue weighted by Gasteiger charge is 2.23. The smallest absolute Gasteiger partial charge is 0.227 e. The Morgan fingerprint density at radius 2 is 1.86 bits per heavy atom. The summed E-state index contributed by atoms with van der Waals surface area (Å²) in [7, 11) is 3.33. The van der Waals surface area contributed by atoms with Gasteiger partial charge in [0.2, 0.25) is 5.91 Å². The second-order valence-electron chi connectivity index (χ2n) is 7.18. The van der Waals surface area contributed by atoms with Gasteiger partial charge in [-0.1, -0.05) is 23.5 Å². The Morgan fingerprint density at radius 1 is 1.07 bits per heavy atom. The van der Waals surface area contributed by atoms with E-state index in [1.54, 1.807) is 25.6 Å². The number of hydrogen-bond acceptors (Lipinski definition) is 6. The number of hydrogen-bond donors (Lipinski definition) is 0. The molecule has 4 rings (SSSR count). The molecule has 0 unspecified atom stereocenters. The Kier molecular flexibility index (Phi) is 5.58. The third kappa shape index (κ3) is 4.15. The molecule has 152 valence electrons. The molecule has 0 aliphatic carbocycles. The summed E-state index contributed by atoms with van der Waals surface area (Å²) in [5.74, 6) is 1.86. The minimum Gasteiger partial charge on any atom is -0.497 e. The number of piperazine rings is 1. The number of carbonyl (C=O) groups is 1. The van der Waals surface area contributed by atoms with Crippen molar-refractivity contribution in [2.75, 3.05) is 45.3 Å². The van der Waals surface area contributed by atoms with Gasteiger partial charge in [0.05, 0.1) is 30.9 Å². The van der Waals surface area contributed by atoms with Crippen molar-refractivity contribution in [1.29, 1.82) is 0 Å². The molecule has 2 aromatic carbocycles. The lowest BCUT2D eigenvalue weighted by Gasteiger charge is -2.34. The molecule has 1 fully saturated rings. The second-order valence-corrected chi connectivity index (χ2v) is 8.19. The molecule has 0 radical (unpaired) electrons. The van der Waals surface area contributed by atoms with Crippen molar-refractivity contribution in [2.24, 2.45) is 0 Å². The Labute approximate surface area is 174 Å². The maximum atomic E-state index is 12.7. The first kappa shape index (κ1) is 19.5. The fourth-order valence-electron chi connectivity index (χ4n) is 3.64. The van der Waals surface area contributed by atoms with Crippen LogP contribution < -0.4 is 14.4 Å². The highest BCUT2D eigenvalue weighted by Crippen LogP contribution is 2.32. The first-order chi connectivity index (χ1) is 14.1. The fraction of sp³-hybridized carbons (Fsp3) is 0.364. The van der Waals surface area contributed by atoms with Gasteiger partial charge in [-0.05, 0) is 42.3 Å². The van der Waals surface area contributed by atoms with Crippen molar-refractivity contribution in [2.45, 2.75) is 13.3 Å². The Balaban J connectivity index is 1.37. The van der Waals surface area contributed by atoms with Crippen LogP contribution in [0.5, 0.6) is 11.5 Å². The number of methoxy groups -OCH3 is 2. The van der Waals surface area contributed by atoms with Crippen molar-refractivity contribution in [3.8, 4) is 11.5 Å². The number of aryl methyl sites for hydroxylation is 1. The maximum Gasteiger partial charge on any atom is 0.227 e. The number of amides is 1. The first-order valence-electron chi connectivity index (χ1n) is 9.68. The van der Waals surface area contributed by atoms with Crippen molar-refractivity contribution in [3.05, 3.63) is 47.5 Å². The number of benzene rings is 2. The molecule has 6 nitrogen and oxygen atoms in total. The summed E-state index contributed by atoms with van der Waals surface area (Å²) < 4.78 is 11.7. The Morgan fingerprint density at radius 3 is 2.55 bits per heavy atom. The van der Waals surface area contributed by atoms with E-state index in [0.717, 1.165) is 51.1 Å². The third-order valence-corrected chi connectivity index (χ3v) is 6.38. The highest BCUT2D eigenvalue weighted by atomic mass is 32.1. The van der Waals surface area contributed by atoms with Gasteiger partial charge in [-0.25, -0.2) is 4.98 Å². The Hall–Kier alpha value is -2.80. The van der Waals surface area contributed by atoms with Gasteiger partial charge >= 0.3 is 0 Å². The normalized spacial score (nSPS) is 14.3. The topological polar surface area (TPSA) is 54.9 Å². The second kappa shape index (κ2) is 8.29. The van der Waals surface area contributed by atoms with E-state index in [0.29, 0.717) is 19.5 Å². The summed E-state index contributed by atoms with van der Waals surface area (Å²) in [6.07, 6.45) is 0.422. The molecule has 0 bridgehead atoms. The highest BCUT2D eigenvalue weighted by molar-refractivity contribution is 7.22. The van der Waals surface area contributed by atoms with Crippen LogP contribution in [0.25, 0.3) is 10.2 Å². The largest absolute Gasteiger partial charge is 0.497 e. The molecule has 3 aromatic rings. The van der Waals surface area contributed by atoms with E-state index in [9.17, 15) is 4.79 Å². The summed E-state index contributed by atoms with van der Waals surface area (Å²) >= 11 is 1.67. The lowest BCUT2D eigenvalue weighted by Crippen LogP contribution is -2.49. The van der Waals surface area contributed by atoms with Gasteiger partial charge < -0.3 is 19.3 Å². The SMILES string of the molecule is COc1ccc2nc(N3CCN(C(=O)Cc4ccc(OC)c(C)c4)CC3)sc2c1. The molecule has 1 saturated heterocycles. The molecule has 2 heterocycles. The number of thiazole rings is 1. The van der Waals surface area contributed by atoms with Crippen LogP contribution in [0.3, 0.4) is 0 Å². The van der Waals surface area contributed by atoms with Crippen LogP contribution in [0, 0.1) is 6.92 Å². The number of carbonyl (C=O) groups excluding carboxylic acids is 1. The zero-order chi connectivity index (χ0) is 20.4. The first-order valence-corrected chi connectivity index (χ1v) is 10.5. The van der Waals surface area contributed by atoms with E-state index in [-0.39, 0.29) is 5.91 Å². The molecule has 1 aliphatic heterocycles. The Bertz CT molecular complexity index is 1030. The quantitative estimate of drug-likeness (QED) is 0.643. The molecule has 0 atom stereocenters. The molecule has 0 saturated carbocycles. The van der Waals surface area contributed by atoms with Crippen LogP contribution in [0.2, 0.25) is 0 Å². The van der Waals surface area contributed by atoms with Gasteiger partial charge in [-0.15, -0.1) is 0 Å². The van der Waals surface area contributed by atoms with Gasteiger partial charge in [0.15, 0.2) is 5.13 Å². The number of anilines is 1. The molecular formula is C22H25N3O3S. The number of ether oxygens (including phenoxy) is 2. The van der Waals surface area contributed by atoms with Gasteiger partial charge in [0.25, 0.3) is 0 Å². The molecule has 1 aliphatic rings. The van der Waals surface area contributed by atoms with Crippen molar-refractivity contribution in [1.82, 2.24) is 9.88 Å². The van der Waals surface area contributed by atoms with Crippen molar-refractivity contribution >= 4 is 32.6 Å². The number of rotatable bonds is 5. The van der Waals surface area contributed by atoms with Crippen LogP contribution >= 0.6 is 11.3 Å². The van der Waals surface area contributed by atoms with Gasteiger partial charge in [-0.2, -0.15) is 0 Å². The maximum absolute atomic E-state index is 12.7. The molecule has 29 heavy (non-hydrogen) atoms. The van der Waals surface area contributed by atoms with E-state index in [2.05, 4.69) is 4.90 Å². The van der Waals surface area contributed by atoms with Crippen molar-refractivity contribution < 1.29 is 14.3 Å². The number of aromatic nitrogens is 1. The van der Waals surface area contributed by atoms with Gasteiger partial charge in [0, 0.05) is 26.2 Å². The molecule has 1 aromatic heterocycles. The summed E-state index contributed by atoms with van der Waals surface area (Å²) in [6, 6.07) is 11.9. The number of nitrogens with zero attached hydrogens (tertiary/aromatic N) is 3. The minimum absolute atomic E-state index is 0.170. The predicted molar refractivity (Wildman–Crippen MR) is 116 cm³/mol. The van der Waals surface area contributed by atoms with E-state index in [1.807, 2.05) is 48.2 Å². The predicted octanol–water partition coefficient (Wildman–Crippen LogP) is 3.51. The lowest BCUT2D eigenvalue weighted by molar-refractivity contribution is -0.130. The van der Waals surface area contributed by atoms with E-state index >= 15 is 0 Å². The van der Waals surface area contributed by atoms with Crippen LogP contribution in [-0.2, 0) is 11.2 Å². The minimum atomic E-state index is 0.170.